The maximum Gasteiger partial charge on any atom is 0.429 e. The van der Waals surface area contributed by atoms with Gasteiger partial charge < -0.3 is 38.5 Å². The van der Waals surface area contributed by atoms with Crippen molar-refractivity contribution in [3.05, 3.63) is 130 Å². The normalized spacial score (nSPS) is 15.5. The number of Topliss-reactive ketones (excluding diaryl/α,β-unsaturated/α-hetero) is 1. The molecule has 4 atom stereocenters. The summed E-state index contributed by atoms with van der Waals surface area (Å²) in [4.78, 5) is 72.1. The highest BCUT2D eigenvalue weighted by Crippen LogP contribution is 2.39. The van der Waals surface area contributed by atoms with E-state index in [2.05, 4.69) is 30.7 Å². The van der Waals surface area contributed by atoms with E-state index in [0.717, 1.165) is 61.6 Å². The number of halogens is 9. The van der Waals surface area contributed by atoms with E-state index in [1.54, 1.807) is 53.7 Å². The fourth-order valence-corrected chi connectivity index (χ4v) is 7.11. The molecule has 0 aliphatic carbocycles. The molecular weight excluding hydrogens is 1120 g/mol. The van der Waals surface area contributed by atoms with E-state index in [1.165, 1.54) is 68.5 Å². The number of esters is 2. The number of ketones is 1. The number of benzene rings is 4. The number of nitrogens with zero attached hydrogens (tertiary/aromatic N) is 1. The zero-order valence-electron chi connectivity index (χ0n) is 43.9. The zero-order chi connectivity index (χ0) is 58.6. The molecule has 1 N–H and O–H groups in total. The molecule has 0 aromatic heterocycles. The van der Waals surface area contributed by atoms with Crippen LogP contribution in [0.2, 0.25) is 0 Å². The Labute approximate surface area is 454 Å². The molecule has 2 fully saturated rings. The van der Waals surface area contributed by atoms with Crippen LogP contribution >= 0.6 is 15.9 Å². The minimum Gasteiger partial charge on any atom is -0.476 e. The Morgan fingerprint density at radius 2 is 1.14 bits per heavy atom. The number of carbonyl (C=O) groups is 6. The lowest BCUT2D eigenvalue weighted by Crippen LogP contribution is -2.45. The number of imide groups is 1. The Morgan fingerprint density at radius 1 is 0.679 bits per heavy atom. The summed E-state index contributed by atoms with van der Waals surface area (Å²) in [6, 6.07) is 17.8. The predicted molar refractivity (Wildman–Crippen MR) is 269 cm³/mol. The van der Waals surface area contributed by atoms with Crippen molar-refractivity contribution in [3.8, 4) is 11.5 Å². The summed E-state index contributed by atoms with van der Waals surface area (Å²) >= 11 is 3.17. The number of likely N-dealkylation sites (tertiary alicyclic amines) is 1. The van der Waals surface area contributed by atoms with Gasteiger partial charge in [0.15, 0.2) is 5.78 Å². The van der Waals surface area contributed by atoms with E-state index in [4.69, 9.17) is 23.7 Å². The van der Waals surface area contributed by atoms with Gasteiger partial charge in [-0.05, 0) is 128 Å². The Kier molecular flexibility index (Phi) is 25.0. The predicted octanol–water partition coefficient (Wildman–Crippen LogP) is 12.7. The average molecular weight is 1180 g/mol. The third kappa shape index (κ3) is 22.3. The Morgan fingerprint density at radius 3 is 1.54 bits per heavy atom. The number of alkyl halides is 6. The van der Waals surface area contributed by atoms with Gasteiger partial charge in [-0.25, -0.2) is 32.9 Å². The molecule has 2 aliphatic heterocycles. The van der Waals surface area contributed by atoms with Gasteiger partial charge in [-0.1, -0.05) is 52.3 Å². The van der Waals surface area contributed by atoms with Crippen molar-refractivity contribution in [1.29, 1.82) is 0 Å². The summed E-state index contributed by atoms with van der Waals surface area (Å²) in [6.45, 7) is 12.0. The lowest BCUT2D eigenvalue weighted by atomic mass is 10.0. The lowest BCUT2D eigenvalue weighted by Gasteiger charge is -2.26. The molecule has 4 aromatic carbocycles. The van der Waals surface area contributed by atoms with Crippen molar-refractivity contribution in [1.82, 2.24) is 10.2 Å². The monoisotopic (exact) mass is 1180 g/mol. The molecule has 0 spiro atoms. The molecule has 15 nitrogen and oxygen atoms in total. The van der Waals surface area contributed by atoms with Gasteiger partial charge in [0.1, 0.15) is 46.4 Å². The van der Waals surface area contributed by atoms with Gasteiger partial charge in [0.2, 0.25) is 18.1 Å². The second-order valence-electron chi connectivity index (χ2n) is 18.9. The molecule has 428 valence electrons. The maximum atomic E-state index is 13.9. The number of ether oxygens (including phenoxy) is 7. The fraction of sp³-hybridized carbons (Fsp3) is 0.444. The Hall–Kier alpha value is -6.82. The highest BCUT2D eigenvalue weighted by atomic mass is 79.9. The molecule has 2 heterocycles. The fourth-order valence-electron chi connectivity index (χ4n) is 6.85. The van der Waals surface area contributed by atoms with Crippen LogP contribution in [0.4, 0.5) is 44.7 Å². The number of rotatable bonds is 13. The van der Waals surface area contributed by atoms with Gasteiger partial charge in [-0.3, -0.25) is 9.59 Å². The van der Waals surface area contributed by atoms with Crippen LogP contribution < -0.4 is 14.8 Å². The first-order valence-electron chi connectivity index (χ1n) is 24.0. The molecule has 0 radical (unpaired) electrons. The third-order valence-corrected chi connectivity index (χ3v) is 10.9. The SMILES string of the molecule is C1CCOC1.COC(=O)C(CCC(=O)c1ccc(OC(c2ccccc2F)C(F)(F)F)cc1)NC(=O)OC(C)(C)C.COC(=O)[C@@H]1CCC(=O)N1C(=O)OC(C)(C)C.Fc1ccccc1C(Oc1ccc(Br)cc1)C(F)(F)F. The molecule has 3 unspecified atom stereocenters. The van der Waals surface area contributed by atoms with Gasteiger partial charge in [0.05, 0.1) is 14.2 Å². The summed E-state index contributed by atoms with van der Waals surface area (Å²) in [7, 11) is 2.35. The van der Waals surface area contributed by atoms with Crippen molar-refractivity contribution in [3.63, 3.8) is 0 Å². The standard InChI is InChI=1S/C25H27F4NO6.C14H9BrF4O.C11H17NO5.C4H8O/c1-24(2,3)36-23(33)30-19(22(32)34-4)13-14-20(31)15-9-11-16(12-10-15)35-21(25(27,28)29)17-7-5-6-8-18(17)26;15-9-5-7-10(8-6-9)20-13(14(17,18)19)11-3-1-2-4-12(11)16;1-11(2,3)17-10(15)12-7(9(14)16-4)5-6-8(12)13;1-2-4-5-3-1/h5-12,19,21H,13-14H2,1-4H3,(H,30,33);1-8,13H;7H,5-6H2,1-4H3;1-4H2/t;;7-;/m..0./s1. The smallest absolute Gasteiger partial charge is 0.429 e. The van der Waals surface area contributed by atoms with Crippen LogP contribution in [-0.2, 0) is 38.1 Å². The third-order valence-electron chi connectivity index (χ3n) is 10.4. The first kappa shape index (κ1) is 65.5. The van der Waals surface area contributed by atoms with Crippen molar-refractivity contribution in [2.75, 3.05) is 27.4 Å². The van der Waals surface area contributed by atoms with Crippen molar-refractivity contribution in [2.24, 2.45) is 0 Å². The van der Waals surface area contributed by atoms with Gasteiger partial charge in [-0.2, -0.15) is 26.3 Å². The maximum absolute atomic E-state index is 13.9. The molecule has 0 saturated carbocycles. The minimum absolute atomic E-state index is 0.0128. The zero-order valence-corrected chi connectivity index (χ0v) is 45.4. The number of methoxy groups -OCH3 is 2. The molecule has 6 rings (SSSR count). The van der Waals surface area contributed by atoms with Crippen LogP contribution in [0, 0.1) is 11.6 Å². The molecule has 2 aliphatic rings. The highest BCUT2D eigenvalue weighted by molar-refractivity contribution is 9.10. The molecule has 24 heteroatoms. The number of alkyl carbamates (subject to hydrolysis) is 1. The van der Waals surface area contributed by atoms with Crippen LogP contribution in [0.15, 0.2) is 102 Å². The topological polar surface area (TPSA) is 182 Å². The summed E-state index contributed by atoms with van der Waals surface area (Å²) in [5.41, 5.74) is -2.58. The average Bonchev–Trinajstić information content (AvgIpc) is 4.07. The molecule has 3 amide bonds. The number of hydrogen-bond acceptors (Lipinski definition) is 13. The van der Waals surface area contributed by atoms with Crippen molar-refractivity contribution < 1.29 is 97.0 Å². The van der Waals surface area contributed by atoms with E-state index in [-0.39, 0.29) is 42.7 Å². The quantitative estimate of drug-likeness (QED) is 0.0578. The van der Waals surface area contributed by atoms with Crippen molar-refractivity contribution >= 4 is 51.7 Å². The van der Waals surface area contributed by atoms with Crippen LogP contribution in [0.25, 0.3) is 0 Å². The first-order valence-corrected chi connectivity index (χ1v) is 24.8. The van der Waals surface area contributed by atoms with E-state index in [1.807, 2.05) is 0 Å². The van der Waals surface area contributed by atoms with Gasteiger partial charge >= 0.3 is 36.5 Å². The van der Waals surface area contributed by atoms with Crippen LogP contribution in [0.1, 0.15) is 114 Å². The molecule has 78 heavy (non-hydrogen) atoms. The van der Waals surface area contributed by atoms with E-state index in [0.29, 0.717) is 4.47 Å². The number of amides is 3. The highest BCUT2D eigenvalue weighted by Gasteiger charge is 2.46. The van der Waals surface area contributed by atoms with E-state index >= 15 is 0 Å². The summed E-state index contributed by atoms with van der Waals surface area (Å²) < 4.78 is 142. The number of nitrogens with one attached hydrogen (secondary N) is 1. The Balaban J connectivity index is 0.000000318. The number of carbonyl (C=O) groups excluding carboxylic acids is 6. The van der Waals surface area contributed by atoms with E-state index < -0.39 is 106 Å². The largest absolute Gasteiger partial charge is 0.476 e. The summed E-state index contributed by atoms with van der Waals surface area (Å²) in [5.74, 6) is -4.45. The van der Waals surface area contributed by atoms with E-state index in [9.17, 15) is 63.9 Å². The Bertz CT molecular complexity index is 2590. The molecule has 2 saturated heterocycles. The molecule has 4 aromatic rings. The first-order chi connectivity index (χ1) is 36.3. The van der Waals surface area contributed by atoms with Crippen molar-refractivity contribution in [2.45, 2.75) is 128 Å². The van der Waals surface area contributed by atoms with Crippen LogP contribution in [0.3, 0.4) is 0 Å². The summed E-state index contributed by atoms with van der Waals surface area (Å²) in [6.07, 6.45) is -13.4. The molecule has 0 bridgehead atoms. The van der Waals surface area contributed by atoms with Crippen LogP contribution in [0.5, 0.6) is 11.5 Å². The van der Waals surface area contributed by atoms with Crippen LogP contribution in [-0.4, -0.2) is 104 Å². The second-order valence-corrected chi connectivity index (χ2v) is 19.8. The number of hydrogen-bond donors (Lipinski definition) is 1. The van der Waals surface area contributed by atoms with Gasteiger partial charge in [0.25, 0.3) is 0 Å². The lowest BCUT2D eigenvalue weighted by molar-refractivity contribution is -0.199. The minimum atomic E-state index is -4.89. The van der Waals surface area contributed by atoms with Gasteiger partial charge in [-0.15, -0.1) is 0 Å². The summed E-state index contributed by atoms with van der Waals surface area (Å²) in [5, 5.41) is 2.35. The second kappa shape index (κ2) is 29.8. The molecular formula is C54H61BrF8N2O13. The van der Waals surface area contributed by atoms with Gasteiger partial charge in [0, 0.05) is 47.2 Å².